The average molecular weight is 240 g/mol. The molecule has 0 aromatic rings. The van der Waals surface area contributed by atoms with Gasteiger partial charge < -0.3 is 5.32 Å². The Kier molecular flexibility index (Phi) is 6.56. The van der Waals surface area contributed by atoms with Gasteiger partial charge in [0.2, 0.25) is 5.91 Å². The van der Waals surface area contributed by atoms with Crippen LogP contribution in [0.4, 0.5) is 0 Å². The smallest absolute Gasteiger partial charge is 0.237 e. The SMILES string of the molecule is CCC(CC)NC(=O)C(C)N1CCCCCC1. The van der Waals surface area contributed by atoms with Crippen LogP contribution in [0, 0.1) is 0 Å². The zero-order valence-electron chi connectivity index (χ0n) is 11.7. The molecule has 1 fully saturated rings. The van der Waals surface area contributed by atoms with Crippen LogP contribution in [0.2, 0.25) is 0 Å². The molecule has 1 N–H and O–H groups in total. The van der Waals surface area contributed by atoms with E-state index in [0.29, 0.717) is 6.04 Å². The van der Waals surface area contributed by atoms with Crippen molar-refractivity contribution in [2.24, 2.45) is 0 Å². The molecule has 1 amide bonds. The first-order valence-corrected chi connectivity index (χ1v) is 7.23. The topological polar surface area (TPSA) is 32.3 Å². The van der Waals surface area contributed by atoms with E-state index in [-0.39, 0.29) is 11.9 Å². The van der Waals surface area contributed by atoms with Crippen molar-refractivity contribution in [2.45, 2.75) is 71.4 Å². The van der Waals surface area contributed by atoms with Crippen LogP contribution in [0.3, 0.4) is 0 Å². The predicted octanol–water partition coefficient (Wildman–Crippen LogP) is 2.56. The highest BCUT2D eigenvalue weighted by atomic mass is 16.2. The lowest BCUT2D eigenvalue weighted by atomic mass is 10.1. The van der Waals surface area contributed by atoms with E-state index in [0.717, 1.165) is 25.9 Å². The fraction of sp³-hybridized carbons (Fsp3) is 0.929. The van der Waals surface area contributed by atoms with E-state index in [1.807, 2.05) is 6.92 Å². The Hall–Kier alpha value is -0.570. The van der Waals surface area contributed by atoms with Gasteiger partial charge in [-0.25, -0.2) is 0 Å². The van der Waals surface area contributed by atoms with Crippen LogP contribution in [0.15, 0.2) is 0 Å². The van der Waals surface area contributed by atoms with Gasteiger partial charge in [-0.2, -0.15) is 0 Å². The van der Waals surface area contributed by atoms with Gasteiger partial charge >= 0.3 is 0 Å². The number of carbonyl (C=O) groups is 1. The lowest BCUT2D eigenvalue weighted by Gasteiger charge is -2.28. The molecule has 0 bridgehead atoms. The van der Waals surface area contributed by atoms with Crippen LogP contribution in [-0.2, 0) is 4.79 Å². The minimum Gasteiger partial charge on any atom is -0.352 e. The van der Waals surface area contributed by atoms with E-state index < -0.39 is 0 Å². The van der Waals surface area contributed by atoms with Crippen molar-refractivity contribution in [1.29, 1.82) is 0 Å². The molecule has 17 heavy (non-hydrogen) atoms. The van der Waals surface area contributed by atoms with Crippen LogP contribution in [0.25, 0.3) is 0 Å². The Labute approximate surface area is 106 Å². The summed E-state index contributed by atoms with van der Waals surface area (Å²) >= 11 is 0. The Morgan fingerprint density at radius 2 is 1.65 bits per heavy atom. The van der Waals surface area contributed by atoms with Gasteiger partial charge in [0.1, 0.15) is 0 Å². The van der Waals surface area contributed by atoms with Gasteiger partial charge in [0.05, 0.1) is 6.04 Å². The van der Waals surface area contributed by atoms with Crippen molar-refractivity contribution >= 4 is 5.91 Å². The van der Waals surface area contributed by atoms with Gasteiger partial charge in [0.15, 0.2) is 0 Å². The third-order valence-electron chi connectivity index (χ3n) is 3.90. The Bertz CT molecular complexity index is 218. The second-order valence-electron chi connectivity index (χ2n) is 5.15. The van der Waals surface area contributed by atoms with Gasteiger partial charge in [-0.1, -0.05) is 26.7 Å². The van der Waals surface area contributed by atoms with Crippen molar-refractivity contribution in [2.75, 3.05) is 13.1 Å². The molecule has 1 unspecified atom stereocenters. The van der Waals surface area contributed by atoms with Gasteiger partial charge in [0.25, 0.3) is 0 Å². The largest absolute Gasteiger partial charge is 0.352 e. The number of rotatable bonds is 5. The first kappa shape index (κ1) is 14.5. The maximum atomic E-state index is 12.1. The molecule has 1 atom stereocenters. The summed E-state index contributed by atoms with van der Waals surface area (Å²) in [5, 5.41) is 3.15. The fourth-order valence-corrected chi connectivity index (χ4v) is 2.46. The molecule has 0 aromatic heterocycles. The molecule has 0 spiro atoms. The molecule has 0 aliphatic carbocycles. The predicted molar refractivity (Wildman–Crippen MR) is 72.0 cm³/mol. The quantitative estimate of drug-likeness (QED) is 0.801. The van der Waals surface area contributed by atoms with E-state index in [1.54, 1.807) is 0 Å². The summed E-state index contributed by atoms with van der Waals surface area (Å²) in [5.74, 6) is 0.209. The van der Waals surface area contributed by atoms with E-state index in [9.17, 15) is 4.79 Å². The van der Waals surface area contributed by atoms with Crippen molar-refractivity contribution in [1.82, 2.24) is 10.2 Å². The van der Waals surface area contributed by atoms with Gasteiger partial charge in [-0.05, 0) is 45.7 Å². The molecule has 0 aromatic carbocycles. The van der Waals surface area contributed by atoms with E-state index in [4.69, 9.17) is 0 Å². The molecule has 3 nitrogen and oxygen atoms in total. The Balaban J connectivity index is 2.43. The van der Waals surface area contributed by atoms with Gasteiger partial charge in [-0.3, -0.25) is 9.69 Å². The van der Waals surface area contributed by atoms with Crippen molar-refractivity contribution in [3.8, 4) is 0 Å². The summed E-state index contributed by atoms with van der Waals surface area (Å²) in [4.78, 5) is 14.5. The number of nitrogens with one attached hydrogen (secondary N) is 1. The molecule has 1 heterocycles. The van der Waals surface area contributed by atoms with E-state index in [1.165, 1.54) is 25.7 Å². The minimum absolute atomic E-state index is 0.0358. The van der Waals surface area contributed by atoms with Gasteiger partial charge in [-0.15, -0.1) is 0 Å². The van der Waals surface area contributed by atoms with Crippen LogP contribution < -0.4 is 5.32 Å². The molecule has 1 rings (SSSR count). The lowest BCUT2D eigenvalue weighted by Crippen LogP contribution is -2.48. The molecule has 0 saturated carbocycles. The summed E-state index contributed by atoms with van der Waals surface area (Å²) in [6.07, 6.45) is 7.16. The molecule has 0 radical (unpaired) electrons. The number of amides is 1. The second-order valence-corrected chi connectivity index (χ2v) is 5.15. The highest BCUT2D eigenvalue weighted by Crippen LogP contribution is 2.12. The molecule has 1 saturated heterocycles. The molecular formula is C14H28N2O. The third kappa shape index (κ3) is 4.66. The summed E-state index contributed by atoms with van der Waals surface area (Å²) in [7, 11) is 0. The summed E-state index contributed by atoms with van der Waals surface area (Å²) < 4.78 is 0. The normalized spacial score (nSPS) is 20.0. The highest BCUT2D eigenvalue weighted by Gasteiger charge is 2.23. The number of carbonyl (C=O) groups excluding carboxylic acids is 1. The van der Waals surface area contributed by atoms with Gasteiger partial charge in [0, 0.05) is 6.04 Å². The number of likely N-dealkylation sites (tertiary alicyclic amines) is 1. The maximum absolute atomic E-state index is 12.1. The highest BCUT2D eigenvalue weighted by molar-refractivity contribution is 5.81. The fourth-order valence-electron chi connectivity index (χ4n) is 2.46. The Morgan fingerprint density at radius 3 is 2.12 bits per heavy atom. The zero-order chi connectivity index (χ0) is 12.7. The van der Waals surface area contributed by atoms with Crippen LogP contribution >= 0.6 is 0 Å². The number of hydrogen-bond donors (Lipinski definition) is 1. The summed E-state index contributed by atoms with van der Waals surface area (Å²) in [5.41, 5.74) is 0. The summed E-state index contributed by atoms with van der Waals surface area (Å²) in [6.45, 7) is 8.47. The average Bonchev–Trinajstić information content (AvgIpc) is 2.63. The van der Waals surface area contributed by atoms with Crippen LogP contribution in [0.5, 0.6) is 0 Å². The molecule has 1 aliphatic heterocycles. The van der Waals surface area contributed by atoms with E-state index >= 15 is 0 Å². The maximum Gasteiger partial charge on any atom is 0.237 e. The lowest BCUT2D eigenvalue weighted by molar-refractivity contribution is -0.126. The zero-order valence-corrected chi connectivity index (χ0v) is 11.7. The second kappa shape index (κ2) is 7.70. The first-order chi connectivity index (χ1) is 8.19. The van der Waals surface area contributed by atoms with E-state index in [2.05, 4.69) is 24.1 Å². The third-order valence-corrected chi connectivity index (χ3v) is 3.90. The van der Waals surface area contributed by atoms with Crippen molar-refractivity contribution in [3.05, 3.63) is 0 Å². The first-order valence-electron chi connectivity index (χ1n) is 7.23. The summed E-state index contributed by atoms with van der Waals surface area (Å²) in [6, 6.07) is 0.380. The minimum atomic E-state index is 0.0358. The van der Waals surface area contributed by atoms with Crippen molar-refractivity contribution < 1.29 is 4.79 Å². The van der Waals surface area contributed by atoms with Crippen LogP contribution in [-0.4, -0.2) is 36.0 Å². The monoisotopic (exact) mass is 240 g/mol. The Morgan fingerprint density at radius 1 is 1.12 bits per heavy atom. The van der Waals surface area contributed by atoms with Crippen molar-refractivity contribution in [3.63, 3.8) is 0 Å². The number of hydrogen-bond acceptors (Lipinski definition) is 2. The number of nitrogens with zero attached hydrogens (tertiary/aromatic N) is 1. The molecule has 100 valence electrons. The standard InChI is InChI=1S/C14H28N2O/c1-4-13(5-2)15-14(17)12(3)16-10-8-6-7-9-11-16/h12-13H,4-11H2,1-3H3,(H,15,17). The molecular weight excluding hydrogens is 212 g/mol. The molecule has 3 heteroatoms. The van der Waals surface area contributed by atoms with Crippen LogP contribution in [0.1, 0.15) is 59.3 Å². The molecule has 1 aliphatic rings.